The maximum atomic E-state index is 11.7. The van der Waals surface area contributed by atoms with Crippen LogP contribution in [0.2, 0.25) is 0 Å². The summed E-state index contributed by atoms with van der Waals surface area (Å²) in [7, 11) is 0. The van der Waals surface area contributed by atoms with Gasteiger partial charge in [0.05, 0.1) is 18.0 Å². The quantitative estimate of drug-likeness (QED) is 0.870. The first-order valence-corrected chi connectivity index (χ1v) is 6.76. The summed E-state index contributed by atoms with van der Waals surface area (Å²) in [5, 5.41) is 3.83. The number of carbonyl (C=O) groups is 1. The minimum absolute atomic E-state index is 0.347. The Morgan fingerprint density at radius 1 is 1.47 bits per heavy atom. The monoisotopic (exact) mass is 277 g/mol. The van der Waals surface area contributed by atoms with Crippen molar-refractivity contribution in [2.75, 3.05) is 11.9 Å². The summed E-state index contributed by atoms with van der Waals surface area (Å²) in [6.07, 6.45) is 1.73. The average molecular weight is 277 g/mol. The fraction of sp³-hybridized carbons (Fsp3) is 0.308. The first kappa shape index (κ1) is 13.5. The van der Waals surface area contributed by atoms with Crippen LogP contribution in [-0.4, -0.2) is 22.5 Å². The summed E-state index contributed by atoms with van der Waals surface area (Å²) in [6.45, 7) is 5.89. The number of rotatable bonds is 4. The number of pyridine rings is 1. The largest absolute Gasteiger partial charge is 0.461 e. The molecule has 0 aliphatic rings. The highest BCUT2D eigenvalue weighted by atomic mass is 32.1. The Labute approximate surface area is 115 Å². The molecule has 1 N–H and O–H groups in total. The van der Waals surface area contributed by atoms with Gasteiger partial charge in [0.1, 0.15) is 0 Å². The highest BCUT2D eigenvalue weighted by molar-refractivity contribution is 7.15. The molecule has 100 valence electrons. The number of hydrogen-bond donors (Lipinski definition) is 1. The van der Waals surface area contributed by atoms with Gasteiger partial charge in [-0.05, 0) is 32.9 Å². The van der Waals surface area contributed by atoms with Crippen LogP contribution < -0.4 is 5.32 Å². The second kappa shape index (κ2) is 5.79. The first-order valence-electron chi connectivity index (χ1n) is 5.95. The van der Waals surface area contributed by atoms with Crippen molar-refractivity contribution in [1.82, 2.24) is 9.97 Å². The number of anilines is 2. The number of thiazole rings is 1. The van der Waals surface area contributed by atoms with Gasteiger partial charge in [0.25, 0.3) is 0 Å². The van der Waals surface area contributed by atoms with Crippen LogP contribution in [-0.2, 0) is 4.74 Å². The van der Waals surface area contributed by atoms with E-state index in [1.165, 1.54) is 11.3 Å². The van der Waals surface area contributed by atoms with E-state index in [4.69, 9.17) is 4.74 Å². The maximum Gasteiger partial charge on any atom is 0.358 e. The molecule has 0 bridgehead atoms. The summed E-state index contributed by atoms with van der Waals surface area (Å²) in [5.74, 6) is -0.382. The Bertz CT molecular complexity index is 595. The van der Waals surface area contributed by atoms with Gasteiger partial charge in [-0.2, -0.15) is 0 Å². The third-order valence-corrected chi connectivity index (χ3v) is 3.40. The van der Waals surface area contributed by atoms with Crippen molar-refractivity contribution in [1.29, 1.82) is 0 Å². The molecule has 19 heavy (non-hydrogen) atoms. The number of nitrogens with one attached hydrogen (secondary N) is 1. The number of aryl methyl sites for hydroxylation is 2. The van der Waals surface area contributed by atoms with E-state index in [1.807, 2.05) is 26.0 Å². The zero-order chi connectivity index (χ0) is 13.8. The van der Waals surface area contributed by atoms with Crippen molar-refractivity contribution in [3.05, 3.63) is 34.6 Å². The summed E-state index contributed by atoms with van der Waals surface area (Å²) in [5.41, 5.74) is 2.13. The van der Waals surface area contributed by atoms with Gasteiger partial charge in [0, 0.05) is 11.1 Å². The summed E-state index contributed by atoms with van der Waals surface area (Å²) < 4.78 is 4.96. The lowest BCUT2D eigenvalue weighted by Crippen LogP contribution is -2.06. The standard InChI is InChI=1S/C13H15N3O2S/c1-4-18-12(17)11-9(3)19-13(16-11)15-10-6-5-7-14-8(10)2/h5-7H,4H2,1-3H3,(H,15,16). The zero-order valence-corrected chi connectivity index (χ0v) is 11.9. The Morgan fingerprint density at radius 3 is 2.95 bits per heavy atom. The predicted molar refractivity (Wildman–Crippen MR) is 75.1 cm³/mol. The normalized spacial score (nSPS) is 10.3. The summed E-state index contributed by atoms with van der Waals surface area (Å²) >= 11 is 1.42. The molecule has 0 aromatic carbocycles. The van der Waals surface area contributed by atoms with Crippen molar-refractivity contribution in [2.24, 2.45) is 0 Å². The van der Waals surface area contributed by atoms with Crippen LogP contribution >= 0.6 is 11.3 Å². The molecule has 0 aliphatic carbocycles. The molecule has 0 fully saturated rings. The molecule has 0 atom stereocenters. The molecular weight excluding hydrogens is 262 g/mol. The fourth-order valence-corrected chi connectivity index (χ4v) is 2.38. The lowest BCUT2D eigenvalue weighted by molar-refractivity contribution is 0.0519. The van der Waals surface area contributed by atoms with Crippen molar-refractivity contribution in [3.63, 3.8) is 0 Å². The highest BCUT2D eigenvalue weighted by Crippen LogP contribution is 2.26. The number of hydrogen-bond acceptors (Lipinski definition) is 6. The van der Waals surface area contributed by atoms with Gasteiger partial charge < -0.3 is 10.1 Å². The van der Waals surface area contributed by atoms with Gasteiger partial charge in [-0.3, -0.25) is 4.98 Å². The van der Waals surface area contributed by atoms with E-state index < -0.39 is 0 Å². The molecule has 2 rings (SSSR count). The molecule has 0 saturated heterocycles. The van der Waals surface area contributed by atoms with Crippen LogP contribution in [0.3, 0.4) is 0 Å². The molecule has 0 unspecified atom stereocenters. The second-order valence-electron chi connectivity index (χ2n) is 3.91. The number of nitrogens with zero attached hydrogens (tertiary/aromatic N) is 2. The SMILES string of the molecule is CCOC(=O)c1nc(Nc2cccnc2C)sc1C. The van der Waals surface area contributed by atoms with Gasteiger partial charge in [-0.25, -0.2) is 9.78 Å². The Balaban J connectivity index is 2.21. The van der Waals surface area contributed by atoms with Crippen molar-refractivity contribution < 1.29 is 9.53 Å². The van der Waals surface area contributed by atoms with Crippen LogP contribution in [0.15, 0.2) is 18.3 Å². The van der Waals surface area contributed by atoms with E-state index in [0.717, 1.165) is 16.3 Å². The molecule has 0 amide bonds. The van der Waals surface area contributed by atoms with E-state index in [2.05, 4.69) is 15.3 Å². The minimum Gasteiger partial charge on any atom is -0.461 e. The Kier molecular flexibility index (Phi) is 4.11. The van der Waals surface area contributed by atoms with Gasteiger partial charge in [-0.1, -0.05) is 0 Å². The van der Waals surface area contributed by atoms with Gasteiger partial charge in [0.2, 0.25) is 0 Å². The first-order chi connectivity index (χ1) is 9.11. The van der Waals surface area contributed by atoms with Crippen LogP contribution in [0.25, 0.3) is 0 Å². The van der Waals surface area contributed by atoms with E-state index >= 15 is 0 Å². The smallest absolute Gasteiger partial charge is 0.358 e. The van der Waals surface area contributed by atoms with E-state index in [-0.39, 0.29) is 5.97 Å². The van der Waals surface area contributed by atoms with Gasteiger partial charge in [-0.15, -0.1) is 11.3 Å². The third-order valence-electron chi connectivity index (χ3n) is 2.51. The van der Waals surface area contributed by atoms with E-state index in [9.17, 15) is 4.79 Å². The zero-order valence-electron chi connectivity index (χ0n) is 11.1. The third kappa shape index (κ3) is 3.08. The molecule has 2 aromatic heterocycles. The topological polar surface area (TPSA) is 64.1 Å². The number of carbonyl (C=O) groups excluding carboxylic acids is 1. The lowest BCUT2D eigenvalue weighted by Gasteiger charge is -2.04. The Morgan fingerprint density at radius 2 is 2.26 bits per heavy atom. The summed E-state index contributed by atoms with van der Waals surface area (Å²) in [6, 6.07) is 3.77. The van der Waals surface area contributed by atoms with Crippen molar-refractivity contribution >= 4 is 28.1 Å². The van der Waals surface area contributed by atoms with Crippen molar-refractivity contribution in [2.45, 2.75) is 20.8 Å². The number of ether oxygens (including phenoxy) is 1. The van der Waals surface area contributed by atoms with Gasteiger partial charge >= 0.3 is 5.97 Å². The fourth-order valence-electron chi connectivity index (χ4n) is 1.57. The van der Waals surface area contributed by atoms with E-state index in [0.29, 0.717) is 17.4 Å². The molecule has 5 nitrogen and oxygen atoms in total. The van der Waals surface area contributed by atoms with Gasteiger partial charge in [0.15, 0.2) is 10.8 Å². The number of esters is 1. The molecule has 0 spiro atoms. The highest BCUT2D eigenvalue weighted by Gasteiger charge is 2.16. The predicted octanol–water partition coefficient (Wildman–Crippen LogP) is 3.08. The van der Waals surface area contributed by atoms with E-state index in [1.54, 1.807) is 13.1 Å². The van der Waals surface area contributed by atoms with Crippen LogP contribution in [0, 0.1) is 13.8 Å². The lowest BCUT2D eigenvalue weighted by atomic mass is 10.3. The molecular formula is C13H15N3O2S. The molecule has 0 radical (unpaired) electrons. The Hall–Kier alpha value is -1.95. The molecule has 0 aliphatic heterocycles. The maximum absolute atomic E-state index is 11.7. The number of aromatic nitrogens is 2. The average Bonchev–Trinajstić information content (AvgIpc) is 2.74. The molecule has 6 heteroatoms. The summed E-state index contributed by atoms with van der Waals surface area (Å²) in [4.78, 5) is 21.0. The van der Waals surface area contributed by atoms with Crippen LogP contribution in [0.5, 0.6) is 0 Å². The molecule has 2 aromatic rings. The second-order valence-corrected chi connectivity index (χ2v) is 5.11. The molecule has 0 saturated carbocycles. The van der Waals surface area contributed by atoms with Crippen LogP contribution in [0.1, 0.15) is 28.0 Å². The van der Waals surface area contributed by atoms with Crippen LogP contribution in [0.4, 0.5) is 10.8 Å². The van der Waals surface area contributed by atoms with Crippen molar-refractivity contribution in [3.8, 4) is 0 Å². The minimum atomic E-state index is -0.382. The molecule has 2 heterocycles.